The molecule has 74 valence electrons. The quantitative estimate of drug-likeness (QED) is 0.717. The van der Waals surface area contributed by atoms with Gasteiger partial charge in [-0.05, 0) is 19.1 Å². The number of hydrogen-bond acceptors (Lipinski definition) is 3. The Morgan fingerprint density at radius 3 is 2.86 bits per heavy atom. The zero-order chi connectivity index (χ0) is 10.6. The van der Waals surface area contributed by atoms with Gasteiger partial charge in [0.05, 0.1) is 0 Å². The largest absolute Gasteiger partial charge is 0.481 e. The summed E-state index contributed by atoms with van der Waals surface area (Å²) in [5, 5.41) is 0. The molecular weight excluding hydrogens is 182 g/mol. The topological polar surface area (TPSA) is 69.4 Å². The van der Waals surface area contributed by atoms with Gasteiger partial charge >= 0.3 is 0 Å². The zero-order valence-corrected chi connectivity index (χ0v) is 7.77. The first-order chi connectivity index (χ1) is 6.63. The molecule has 1 rings (SSSR count). The van der Waals surface area contributed by atoms with Crippen LogP contribution in [-0.2, 0) is 4.79 Å². The van der Waals surface area contributed by atoms with Crippen molar-refractivity contribution in [2.24, 2.45) is 5.73 Å². The third kappa shape index (κ3) is 2.58. The number of aldehydes is 1. The standard InChI is InChI=1S/C10H11NO3/c1-7(10(11)13)14-9-4-2-3-8(5-9)6-12/h2-7H,1H3,(H2,11,13). The Morgan fingerprint density at radius 2 is 2.29 bits per heavy atom. The molecule has 1 aromatic carbocycles. The van der Waals surface area contributed by atoms with E-state index in [1.54, 1.807) is 31.2 Å². The highest BCUT2D eigenvalue weighted by atomic mass is 16.5. The minimum absolute atomic E-state index is 0.459. The van der Waals surface area contributed by atoms with Crippen LogP contribution in [0, 0.1) is 0 Å². The fourth-order valence-corrected chi connectivity index (χ4v) is 0.923. The predicted molar refractivity (Wildman–Crippen MR) is 51.1 cm³/mol. The summed E-state index contributed by atoms with van der Waals surface area (Å²) in [4.78, 5) is 21.1. The van der Waals surface area contributed by atoms with Crippen LogP contribution in [0.25, 0.3) is 0 Å². The molecule has 0 aliphatic carbocycles. The van der Waals surface area contributed by atoms with Crippen LogP contribution in [0.4, 0.5) is 0 Å². The highest BCUT2D eigenvalue weighted by Gasteiger charge is 2.09. The lowest BCUT2D eigenvalue weighted by atomic mass is 10.2. The monoisotopic (exact) mass is 193 g/mol. The molecule has 1 atom stereocenters. The summed E-state index contributed by atoms with van der Waals surface area (Å²) in [6.45, 7) is 1.55. The van der Waals surface area contributed by atoms with E-state index in [1.807, 2.05) is 0 Å². The summed E-state index contributed by atoms with van der Waals surface area (Å²) in [5.41, 5.74) is 5.52. The Hall–Kier alpha value is -1.84. The normalized spacial score (nSPS) is 11.8. The van der Waals surface area contributed by atoms with Crippen LogP contribution in [0.15, 0.2) is 24.3 Å². The Labute approximate surface area is 81.7 Å². The van der Waals surface area contributed by atoms with E-state index in [-0.39, 0.29) is 0 Å². The van der Waals surface area contributed by atoms with Crippen LogP contribution in [0.2, 0.25) is 0 Å². The van der Waals surface area contributed by atoms with Crippen molar-refractivity contribution in [2.75, 3.05) is 0 Å². The van der Waals surface area contributed by atoms with E-state index in [0.29, 0.717) is 17.6 Å². The van der Waals surface area contributed by atoms with Crippen LogP contribution < -0.4 is 10.5 Å². The van der Waals surface area contributed by atoms with Crippen molar-refractivity contribution in [1.82, 2.24) is 0 Å². The lowest BCUT2D eigenvalue weighted by Gasteiger charge is -2.10. The van der Waals surface area contributed by atoms with Gasteiger partial charge in [-0.2, -0.15) is 0 Å². The first kappa shape index (κ1) is 10.2. The Kier molecular flexibility index (Phi) is 3.23. The van der Waals surface area contributed by atoms with Crippen molar-refractivity contribution in [3.63, 3.8) is 0 Å². The molecule has 0 spiro atoms. The van der Waals surface area contributed by atoms with E-state index in [1.165, 1.54) is 0 Å². The van der Waals surface area contributed by atoms with Crippen LogP contribution >= 0.6 is 0 Å². The van der Waals surface area contributed by atoms with Gasteiger partial charge in [-0.15, -0.1) is 0 Å². The number of rotatable bonds is 4. The molecule has 0 aliphatic heterocycles. The van der Waals surface area contributed by atoms with Gasteiger partial charge in [0.2, 0.25) is 0 Å². The summed E-state index contributed by atoms with van der Waals surface area (Å²) in [6, 6.07) is 6.53. The molecule has 1 unspecified atom stereocenters. The van der Waals surface area contributed by atoms with Crippen LogP contribution in [0.5, 0.6) is 5.75 Å². The molecule has 0 fully saturated rings. The SMILES string of the molecule is CC(Oc1cccc(C=O)c1)C(N)=O. The molecule has 0 aromatic heterocycles. The van der Waals surface area contributed by atoms with Crippen molar-refractivity contribution in [3.05, 3.63) is 29.8 Å². The van der Waals surface area contributed by atoms with Gasteiger partial charge in [-0.25, -0.2) is 0 Å². The second-order valence-corrected chi connectivity index (χ2v) is 2.85. The van der Waals surface area contributed by atoms with Gasteiger partial charge in [0, 0.05) is 5.56 Å². The highest BCUT2D eigenvalue weighted by Crippen LogP contribution is 2.13. The van der Waals surface area contributed by atoms with E-state index in [4.69, 9.17) is 10.5 Å². The van der Waals surface area contributed by atoms with Crippen LogP contribution in [0.1, 0.15) is 17.3 Å². The number of carbonyl (C=O) groups is 2. The minimum atomic E-state index is -0.697. The summed E-state index contributed by atoms with van der Waals surface area (Å²) >= 11 is 0. The summed E-state index contributed by atoms with van der Waals surface area (Å²) in [6.07, 6.45) is 0.0128. The second-order valence-electron chi connectivity index (χ2n) is 2.85. The molecule has 0 heterocycles. The smallest absolute Gasteiger partial charge is 0.258 e. The Bertz CT molecular complexity index is 349. The first-order valence-electron chi connectivity index (χ1n) is 4.14. The molecule has 0 radical (unpaired) electrons. The summed E-state index contributed by atoms with van der Waals surface area (Å²) in [5.74, 6) is -0.0811. The van der Waals surface area contributed by atoms with Crippen molar-refractivity contribution in [1.29, 1.82) is 0 Å². The van der Waals surface area contributed by atoms with Crippen molar-refractivity contribution >= 4 is 12.2 Å². The molecule has 1 amide bonds. The van der Waals surface area contributed by atoms with Crippen LogP contribution in [-0.4, -0.2) is 18.3 Å². The summed E-state index contributed by atoms with van der Waals surface area (Å²) in [7, 11) is 0. The van der Waals surface area contributed by atoms with Gasteiger partial charge in [0.1, 0.15) is 12.0 Å². The van der Waals surface area contributed by atoms with Gasteiger partial charge in [-0.3, -0.25) is 9.59 Å². The number of benzene rings is 1. The molecule has 0 saturated carbocycles. The van der Waals surface area contributed by atoms with Crippen molar-refractivity contribution < 1.29 is 14.3 Å². The second kappa shape index (κ2) is 4.41. The lowest BCUT2D eigenvalue weighted by Crippen LogP contribution is -2.30. The highest BCUT2D eigenvalue weighted by molar-refractivity contribution is 5.79. The van der Waals surface area contributed by atoms with E-state index >= 15 is 0 Å². The average Bonchev–Trinajstić information content (AvgIpc) is 2.18. The Balaban J connectivity index is 2.76. The average molecular weight is 193 g/mol. The Morgan fingerprint density at radius 1 is 1.57 bits per heavy atom. The fourth-order valence-electron chi connectivity index (χ4n) is 0.923. The minimum Gasteiger partial charge on any atom is -0.481 e. The van der Waals surface area contributed by atoms with Gasteiger partial charge in [-0.1, -0.05) is 12.1 Å². The number of amides is 1. The molecular formula is C10H11NO3. The number of carbonyl (C=O) groups excluding carboxylic acids is 2. The van der Waals surface area contributed by atoms with Crippen molar-refractivity contribution in [3.8, 4) is 5.75 Å². The third-order valence-electron chi connectivity index (χ3n) is 1.71. The first-order valence-corrected chi connectivity index (χ1v) is 4.14. The fraction of sp³-hybridized carbons (Fsp3) is 0.200. The molecule has 14 heavy (non-hydrogen) atoms. The van der Waals surface area contributed by atoms with Crippen LogP contribution in [0.3, 0.4) is 0 Å². The van der Waals surface area contributed by atoms with Crippen molar-refractivity contribution in [2.45, 2.75) is 13.0 Å². The summed E-state index contributed by atoms with van der Waals surface area (Å²) < 4.78 is 5.18. The molecule has 1 aromatic rings. The number of hydrogen-bond donors (Lipinski definition) is 1. The number of primary amides is 1. The van der Waals surface area contributed by atoms with Gasteiger partial charge in [0.25, 0.3) is 5.91 Å². The molecule has 0 saturated heterocycles. The zero-order valence-electron chi connectivity index (χ0n) is 7.77. The van der Waals surface area contributed by atoms with E-state index < -0.39 is 12.0 Å². The number of ether oxygens (including phenoxy) is 1. The van der Waals surface area contributed by atoms with Gasteiger partial charge < -0.3 is 10.5 Å². The number of nitrogens with two attached hydrogens (primary N) is 1. The molecule has 2 N–H and O–H groups in total. The van der Waals surface area contributed by atoms with E-state index in [9.17, 15) is 9.59 Å². The third-order valence-corrected chi connectivity index (χ3v) is 1.71. The maximum Gasteiger partial charge on any atom is 0.258 e. The van der Waals surface area contributed by atoms with E-state index in [2.05, 4.69) is 0 Å². The predicted octanol–water partition coefficient (Wildman–Crippen LogP) is 0.752. The maximum absolute atomic E-state index is 10.7. The maximum atomic E-state index is 10.7. The van der Waals surface area contributed by atoms with E-state index in [0.717, 1.165) is 0 Å². The van der Waals surface area contributed by atoms with Gasteiger partial charge in [0.15, 0.2) is 6.10 Å². The molecule has 4 nitrogen and oxygen atoms in total. The molecule has 4 heteroatoms. The molecule has 0 bridgehead atoms. The molecule has 0 aliphatic rings. The lowest BCUT2D eigenvalue weighted by molar-refractivity contribution is -0.123.